The zero-order chi connectivity index (χ0) is 29.4. The zero-order valence-electron chi connectivity index (χ0n) is 25.1. The van der Waals surface area contributed by atoms with Gasteiger partial charge in [0.25, 0.3) is 5.56 Å². The predicted octanol–water partition coefficient (Wildman–Crippen LogP) is 5.51. The molecule has 9 nitrogen and oxygen atoms in total. The second-order valence-corrected chi connectivity index (χ2v) is 13.9. The number of para-hydroxylation sites is 2. The van der Waals surface area contributed by atoms with Crippen LogP contribution in [0.3, 0.4) is 0 Å². The highest BCUT2D eigenvalue weighted by Crippen LogP contribution is 2.47. The summed E-state index contributed by atoms with van der Waals surface area (Å²) in [6.07, 6.45) is 13.7. The molecule has 0 spiro atoms. The molecular formula is C33H43N5O4. The van der Waals surface area contributed by atoms with Crippen molar-refractivity contribution in [3.05, 3.63) is 40.3 Å². The molecule has 2 aliphatic heterocycles. The van der Waals surface area contributed by atoms with Crippen LogP contribution < -0.4 is 5.56 Å². The Labute approximate surface area is 247 Å². The third-order valence-corrected chi connectivity index (χ3v) is 9.78. The fraction of sp³-hybridized carbons (Fsp3) is 0.667. The van der Waals surface area contributed by atoms with Gasteiger partial charge in [-0.3, -0.25) is 9.69 Å². The fourth-order valence-corrected chi connectivity index (χ4v) is 8.44. The Morgan fingerprint density at radius 2 is 1.64 bits per heavy atom. The van der Waals surface area contributed by atoms with Gasteiger partial charge in [-0.2, -0.15) is 5.26 Å². The molecule has 2 aliphatic carbocycles. The largest absolute Gasteiger partial charge is 0.457 e. The SMILES string of the molecule is CC(C)(C)OC(=O)CON=C(C#N)c1nc2ccccc2n(C2C[C@H]3CCC[C@@H](C2)N3C2CC3CCCC(C3)C2)c1=O. The molecule has 1 aromatic heterocycles. The minimum absolute atomic E-state index is 0.0152. The van der Waals surface area contributed by atoms with Crippen molar-refractivity contribution in [1.29, 1.82) is 5.26 Å². The number of oxime groups is 1. The van der Waals surface area contributed by atoms with Gasteiger partial charge in [-0.05, 0) is 89.7 Å². The van der Waals surface area contributed by atoms with Crippen molar-refractivity contribution in [3.8, 4) is 6.07 Å². The average Bonchev–Trinajstić information content (AvgIpc) is 2.93. The number of fused-ring (bicyclic) bond motifs is 5. The van der Waals surface area contributed by atoms with Crippen molar-refractivity contribution in [3.63, 3.8) is 0 Å². The van der Waals surface area contributed by atoms with E-state index in [1.165, 1.54) is 57.8 Å². The van der Waals surface area contributed by atoms with Crippen LogP contribution in [0.1, 0.15) is 103 Å². The molecule has 1 aromatic carbocycles. The molecule has 3 unspecified atom stereocenters. The molecule has 6 rings (SSSR count). The molecule has 42 heavy (non-hydrogen) atoms. The number of nitriles is 1. The highest BCUT2D eigenvalue weighted by molar-refractivity contribution is 6.10. The summed E-state index contributed by atoms with van der Waals surface area (Å²) < 4.78 is 7.12. The van der Waals surface area contributed by atoms with Crippen LogP contribution >= 0.6 is 0 Å². The number of aromatic nitrogens is 2. The van der Waals surface area contributed by atoms with Gasteiger partial charge in [0.2, 0.25) is 12.3 Å². The fourth-order valence-electron chi connectivity index (χ4n) is 8.44. The smallest absolute Gasteiger partial charge is 0.347 e. The van der Waals surface area contributed by atoms with Crippen LogP contribution in [-0.2, 0) is 14.4 Å². The molecule has 2 saturated heterocycles. The van der Waals surface area contributed by atoms with Gasteiger partial charge in [0.15, 0.2) is 5.69 Å². The second kappa shape index (κ2) is 11.8. The van der Waals surface area contributed by atoms with Crippen molar-refractivity contribution in [2.24, 2.45) is 17.0 Å². The number of hydrogen-bond donors (Lipinski definition) is 0. The Morgan fingerprint density at radius 3 is 2.31 bits per heavy atom. The molecule has 4 aliphatic rings. The summed E-state index contributed by atoms with van der Waals surface area (Å²) in [5.74, 6) is 1.17. The number of esters is 1. The van der Waals surface area contributed by atoms with Crippen molar-refractivity contribution in [2.75, 3.05) is 6.61 Å². The summed E-state index contributed by atoms with van der Waals surface area (Å²) in [5.41, 5.74) is 0.123. The zero-order valence-corrected chi connectivity index (χ0v) is 25.1. The standard InChI is InChI=1S/C33H43N5O4/c1-33(2,3)42-30(39)20-41-36-28(19-34)31-32(40)38(29-13-5-4-12-27(29)35-31)26-17-23-10-7-11-24(18-26)37(23)25-15-21-8-6-9-22(14-21)16-25/h4-5,12-13,21-26H,6-11,14-18,20H2,1-3H3/t21?,22?,23-,24+,25?,26?. The van der Waals surface area contributed by atoms with E-state index in [4.69, 9.17) is 9.57 Å². The van der Waals surface area contributed by atoms with E-state index in [-0.39, 0.29) is 23.0 Å². The number of carbonyl (C=O) groups excluding carboxylic acids is 1. The van der Waals surface area contributed by atoms with E-state index in [0.717, 1.165) is 30.2 Å². The summed E-state index contributed by atoms with van der Waals surface area (Å²) in [7, 11) is 0. The normalized spacial score (nSPS) is 30.0. The lowest BCUT2D eigenvalue weighted by atomic mass is 9.68. The van der Waals surface area contributed by atoms with Crippen molar-refractivity contribution >= 4 is 22.7 Å². The first-order valence-electron chi connectivity index (χ1n) is 15.8. The van der Waals surface area contributed by atoms with E-state index < -0.39 is 18.2 Å². The van der Waals surface area contributed by atoms with Crippen LogP contribution in [0.5, 0.6) is 0 Å². The van der Waals surface area contributed by atoms with Crippen LogP contribution in [0.15, 0.2) is 34.2 Å². The van der Waals surface area contributed by atoms with E-state index in [9.17, 15) is 14.9 Å². The molecule has 5 atom stereocenters. The number of nitrogens with zero attached hydrogens (tertiary/aromatic N) is 5. The monoisotopic (exact) mass is 573 g/mol. The van der Waals surface area contributed by atoms with E-state index in [1.807, 2.05) is 34.9 Å². The maximum atomic E-state index is 14.1. The van der Waals surface area contributed by atoms with Crippen LogP contribution in [-0.4, -0.2) is 56.5 Å². The van der Waals surface area contributed by atoms with Gasteiger partial charge in [-0.1, -0.05) is 43.0 Å². The molecule has 224 valence electrons. The maximum Gasteiger partial charge on any atom is 0.347 e. The molecule has 0 radical (unpaired) electrons. The molecule has 0 N–H and O–H groups in total. The van der Waals surface area contributed by atoms with Gasteiger partial charge in [-0.15, -0.1) is 0 Å². The first kappa shape index (κ1) is 28.9. The summed E-state index contributed by atoms with van der Waals surface area (Å²) in [4.78, 5) is 38.8. The minimum Gasteiger partial charge on any atom is -0.457 e. The molecule has 0 amide bonds. The Balaban J connectivity index is 1.28. The summed E-state index contributed by atoms with van der Waals surface area (Å²) >= 11 is 0. The Hall–Kier alpha value is -3.25. The third-order valence-electron chi connectivity index (χ3n) is 9.78. The third kappa shape index (κ3) is 5.96. The van der Waals surface area contributed by atoms with Crippen molar-refractivity contribution in [1.82, 2.24) is 14.5 Å². The highest BCUT2D eigenvalue weighted by Gasteiger charge is 2.45. The quantitative estimate of drug-likeness (QED) is 0.255. The predicted molar refractivity (Wildman–Crippen MR) is 160 cm³/mol. The van der Waals surface area contributed by atoms with Crippen molar-refractivity contribution in [2.45, 2.75) is 121 Å². The lowest BCUT2D eigenvalue weighted by molar-refractivity contribution is -0.160. The Kier molecular flexibility index (Phi) is 8.10. The number of ether oxygens (including phenoxy) is 1. The van der Waals surface area contributed by atoms with Crippen molar-refractivity contribution < 1.29 is 14.4 Å². The van der Waals surface area contributed by atoms with Crippen LogP contribution in [0.4, 0.5) is 0 Å². The lowest BCUT2D eigenvalue weighted by Gasteiger charge is -2.55. The number of carbonyl (C=O) groups is 1. The summed E-state index contributed by atoms with van der Waals surface area (Å²) in [6, 6.07) is 11.2. The molecule has 2 aromatic rings. The van der Waals surface area contributed by atoms with E-state index >= 15 is 0 Å². The molecular weight excluding hydrogens is 530 g/mol. The number of benzene rings is 1. The van der Waals surface area contributed by atoms with Crippen LogP contribution in [0, 0.1) is 23.2 Å². The summed E-state index contributed by atoms with van der Waals surface area (Å²) in [6.45, 7) is 4.81. The Morgan fingerprint density at radius 1 is 0.976 bits per heavy atom. The van der Waals surface area contributed by atoms with Crippen LogP contribution in [0.2, 0.25) is 0 Å². The number of piperidine rings is 2. The van der Waals surface area contributed by atoms with E-state index in [0.29, 0.717) is 23.6 Å². The van der Waals surface area contributed by atoms with E-state index in [1.54, 1.807) is 20.8 Å². The second-order valence-electron chi connectivity index (χ2n) is 13.9. The topological polar surface area (TPSA) is 110 Å². The molecule has 2 saturated carbocycles. The minimum atomic E-state index is -0.667. The van der Waals surface area contributed by atoms with Crippen LogP contribution in [0.25, 0.3) is 11.0 Å². The molecule has 4 fully saturated rings. The molecule has 9 heteroatoms. The van der Waals surface area contributed by atoms with E-state index in [2.05, 4.69) is 15.0 Å². The van der Waals surface area contributed by atoms with Gasteiger partial charge in [0.05, 0.1) is 11.0 Å². The van der Waals surface area contributed by atoms with Gasteiger partial charge < -0.3 is 14.1 Å². The summed E-state index contributed by atoms with van der Waals surface area (Å²) in [5, 5.41) is 13.8. The van der Waals surface area contributed by atoms with Gasteiger partial charge in [0.1, 0.15) is 11.7 Å². The first-order chi connectivity index (χ1) is 20.2. The Bertz CT molecular complexity index is 1430. The first-order valence-corrected chi connectivity index (χ1v) is 15.8. The molecule has 3 heterocycles. The van der Waals surface area contributed by atoms with Gasteiger partial charge in [-0.25, -0.2) is 9.78 Å². The average molecular weight is 574 g/mol. The number of rotatable bonds is 6. The molecule has 4 bridgehead atoms. The lowest BCUT2D eigenvalue weighted by Crippen LogP contribution is -2.58. The highest BCUT2D eigenvalue weighted by atomic mass is 16.7. The van der Waals surface area contributed by atoms with Gasteiger partial charge >= 0.3 is 5.97 Å². The van der Waals surface area contributed by atoms with Gasteiger partial charge in [0, 0.05) is 24.2 Å². The maximum absolute atomic E-state index is 14.1. The number of hydrogen-bond acceptors (Lipinski definition) is 8.